The molecule has 0 aromatic heterocycles. The molecule has 1 fully saturated rings. The van der Waals surface area contributed by atoms with Gasteiger partial charge in [0.1, 0.15) is 0 Å². The summed E-state index contributed by atoms with van der Waals surface area (Å²) in [4.78, 5) is 2.44. The lowest BCUT2D eigenvalue weighted by Crippen LogP contribution is -2.47. The summed E-state index contributed by atoms with van der Waals surface area (Å²) in [5.74, 6) is 1.29. The number of hydrogen-bond donors (Lipinski definition) is 1. The molecule has 1 N–H and O–H groups in total. The first-order valence-electron chi connectivity index (χ1n) is 4.37. The summed E-state index contributed by atoms with van der Waals surface area (Å²) in [5.41, 5.74) is 0. The topological polar surface area (TPSA) is 15.3 Å². The van der Waals surface area contributed by atoms with Crippen LogP contribution in [0.15, 0.2) is 0 Å². The second-order valence-corrected chi connectivity index (χ2v) is 4.30. The van der Waals surface area contributed by atoms with Gasteiger partial charge >= 0.3 is 0 Å². The number of thioether (sulfide) groups is 1. The Kier molecular flexibility index (Phi) is 4.26. The van der Waals surface area contributed by atoms with Gasteiger partial charge in [-0.05, 0) is 19.2 Å². The van der Waals surface area contributed by atoms with E-state index in [0.717, 1.165) is 13.1 Å². The van der Waals surface area contributed by atoms with Gasteiger partial charge in [0, 0.05) is 19.6 Å². The van der Waals surface area contributed by atoms with Crippen molar-refractivity contribution in [3.8, 4) is 0 Å². The maximum absolute atomic E-state index is 3.41. The van der Waals surface area contributed by atoms with Crippen LogP contribution < -0.4 is 5.32 Å². The van der Waals surface area contributed by atoms with Crippen LogP contribution in [0.3, 0.4) is 0 Å². The molecule has 1 unspecified atom stereocenters. The van der Waals surface area contributed by atoms with Crippen LogP contribution >= 0.6 is 11.8 Å². The SMILES string of the molecule is CCCSC1CNCCN1C. The molecule has 2 nitrogen and oxygen atoms in total. The number of hydrogen-bond acceptors (Lipinski definition) is 3. The fourth-order valence-corrected chi connectivity index (χ4v) is 2.32. The van der Waals surface area contributed by atoms with Crippen molar-refractivity contribution in [2.45, 2.75) is 18.7 Å². The molecule has 3 heteroatoms. The molecule has 0 saturated carbocycles. The highest BCUT2D eigenvalue weighted by molar-refractivity contribution is 7.99. The molecule has 1 rings (SSSR count). The molecule has 1 aliphatic heterocycles. The Morgan fingerprint density at radius 3 is 3.09 bits per heavy atom. The Morgan fingerprint density at radius 1 is 1.64 bits per heavy atom. The first-order chi connectivity index (χ1) is 5.34. The Bertz CT molecular complexity index is 108. The molecule has 0 aromatic rings. The summed E-state index contributed by atoms with van der Waals surface area (Å²) in [6.45, 7) is 5.74. The molecule has 0 aliphatic carbocycles. The zero-order chi connectivity index (χ0) is 8.10. The molecular weight excluding hydrogens is 156 g/mol. The monoisotopic (exact) mass is 174 g/mol. The van der Waals surface area contributed by atoms with E-state index in [4.69, 9.17) is 0 Å². The molecule has 0 aromatic carbocycles. The molecule has 1 saturated heterocycles. The average molecular weight is 174 g/mol. The van der Waals surface area contributed by atoms with Crippen molar-refractivity contribution in [2.24, 2.45) is 0 Å². The Balaban J connectivity index is 2.18. The van der Waals surface area contributed by atoms with Gasteiger partial charge in [-0.1, -0.05) is 6.92 Å². The molecule has 0 radical (unpaired) electrons. The highest BCUT2D eigenvalue weighted by Crippen LogP contribution is 2.15. The van der Waals surface area contributed by atoms with E-state index in [1.54, 1.807) is 0 Å². The van der Waals surface area contributed by atoms with E-state index in [0.29, 0.717) is 5.37 Å². The maximum atomic E-state index is 3.41. The van der Waals surface area contributed by atoms with Gasteiger partial charge in [0.05, 0.1) is 5.37 Å². The van der Waals surface area contributed by atoms with Crippen LogP contribution in [0.5, 0.6) is 0 Å². The standard InChI is InChI=1S/C8H18N2S/c1-3-6-11-8-7-9-4-5-10(8)2/h8-9H,3-7H2,1-2H3. The molecule has 1 aliphatic rings. The molecule has 0 spiro atoms. The highest BCUT2D eigenvalue weighted by atomic mass is 32.2. The number of nitrogens with one attached hydrogen (secondary N) is 1. The van der Waals surface area contributed by atoms with Gasteiger partial charge < -0.3 is 5.32 Å². The van der Waals surface area contributed by atoms with Crippen molar-refractivity contribution in [3.63, 3.8) is 0 Å². The third-order valence-corrected chi connectivity index (χ3v) is 3.52. The van der Waals surface area contributed by atoms with Gasteiger partial charge in [-0.25, -0.2) is 0 Å². The Labute approximate surface area is 73.7 Å². The maximum Gasteiger partial charge on any atom is 0.0681 e. The summed E-state index contributed by atoms with van der Waals surface area (Å²) in [6.07, 6.45) is 1.29. The van der Waals surface area contributed by atoms with E-state index in [1.165, 1.54) is 18.7 Å². The van der Waals surface area contributed by atoms with E-state index in [-0.39, 0.29) is 0 Å². The first-order valence-corrected chi connectivity index (χ1v) is 5.42. The van der Waals surface area contributed by atoms with E-state index < -0.39 is 0 Å². The third kappa shape index (κ3) is 3.01. The van der Waals surface area contributed by atoms with Crippen molar-refractivity contribution >= 4 is 11.8 Å². The Hall–Kier alpha value is 0.270. The van der Waals surface area contributed by atoms with Gasteiger partial charge in [0.15, 0.2) is 0 Å². The summed E-state index contributed by atoms with van der Waals surface area (Å²) in [7, 11) is 2.22. The van der Waals surface area contributed by atoms with Gasteiger partial charge in [0.2, 0.25) is 0 Å². The number of piperazine rings is 1. The number of nitrogens with zero attached hydrogens (tertiary/aromatic N) is 1. The molecule has 1 heterocycles. The minimum atomic E-state index is 0.712. The number of likely N-dealkylation sites (N-methyl/N-ethyl adjacent to an activating group) is 1. The van der Waals surface area contributed by atoms with Crippen LogP contribution in [-0.4, -0.2) is 42.7 Å². The average Bonchev–Trinajstić information content (AvgIpc) is 2.03. The summed E-state index contributed by atoms with van der Waals surface area (Å²) in [5, 5.41) is 4.12. The van der Waals surface area contributed by atoms with E-state index in [1.807, 2.05) is 0 Å². The fourth-order valence-electron chi connectivity index (χ4n) is 1.22. The van der Waals surface area contributed by atoms with Crippen molar-refractivity contribution in [1.82, 2.24) is 10.2 Å². The first kappa shape index (κ1) is 9.36. The van der Waals surface area contributed by atoms with Crippen LogP contribution in [0.25, 0.3) is 0 Å². The van der Waals surface area contributed by atoms with Crippen LogP contribution in [-0.2, 0) is 0 Å². The molecule has 11 heavy (non-hydrogen) atoms. The van der Waals surface area contributed by atoms with Crippen LogP contribution in [0.2, 0.25) is 0 Å². The Morgan fingerprint density at radius 2 is 2.45 bits per heavy atom. The minimum Gasteiger partial charge on any atom is -0.313 e. The highest BCUT2D eigenvalue weighted by Gasteiger charge is 2.17. The van der Waals surface area contributed by atoms with Gasteiger partial charge in [-0.15, -0.1) is 11.8 Å². The van der Waals surface area contributed by atoms with Crippen molar-refractivity contribution < 1.29 is 0 Å². The number of rotatable bonds is 3. The van der Waals surface area contributed by atoms with E-state index in [2.05, 4.69) is 35.9 Å². The third-order valence-electron chi connectivity index (χ3n) is 1.97. The second kappa shape index (κ2) is 5.01. The zero-order valence-corrected chi connectivity index (χ0v) is 8.28. The smallest absolute Gasteiger partial charge is 0.0681 e. The lowest BCUT2D eigenvalue weighted by atomic mass is 10.4. The van der Waals surface area contributed by atoms with Crippen molar-refractivity contribution in [3.05, 3.63) is 0 Å². The predicted molar refractivity (Wildman–Crippen MR) is 52.0 cm³/mol. The lowest BCUT2D eigenvalue weighted by Gasteiger charge is -2.32. The quantitative estimate of drug-likeness (QED) is 0.687. The molecule has 0 bridgehead atoms. The molecular formula is C8H18N2S. The molecule has 0 amide bonds. The van der Waals surface area contributed by atoms with Crippen LogP contribution in [0.4, 0.5) is 0 Å². The summed E-state index contributed by atoms with van der Waals surface area (Å²) < 4.78 is 0. The van der Waals surface area contributed by atoms with Crippen molar-refractivity contribution in [1.29, 1.82) is 0 Å². The zero-order valence-electron chi connectivity index (χ0n) is 7.47. The van der Waals surface area contributed by atoms with Crippen LogP contribution in [0.1, 0.15) is 13.3 Å². The van der Waals surface area contributed by atoms with E-state index >= 15 is 0 Å². The van der Waals surface area contributed by atoms with Crippen LogP contribution in [0, 0.1) is 0 Å². The lowest BCUT2D eigenvalue weighted by molar-refractivity contribution is 0.266. The van der Waals surface area contributed by atoms with Gasteiger partial charge in [-0.2, -0.15) is 0 Å². The largest absolute Gasteiger partial charge is 0.313 e. The van der Waals surface area contributed by atoms with Gasteiger partial charge in [0.25, 0.3) is 0 Å². The fraction of sp³-hybridized carbons (Fsp3) is 1.00. The van der Waals surface area contributed by atoms with Crippen molar-refractivity contribution in [2.75, 3.05) is 32.4 Å². The van der Waals surface area contributed by atoms with Gasteiger partial charge in [-0.3, -0.25) is 4.90 Å². The molecule has 1 atom stereocenters. The second-order valence-electron chi connectivity index (χ2n) is 3.01. The molecule has 66 valence electrons. The summed E-state index contributed by atoms with van der Waals surface area (Å²) in [6, 6.07) is 0. The summed E-state index contributed by atoms with van der Waals surface area (Å²) >= 11 is 2.07. The van der Waals surface area contributed by atoms with E-state index in [9.17, 15) is 0 Å². The minimum absolute atomic E-state index is 0.712. The normalized spacial score (nSPS) is 27.3. The predicted octanol–water partition coefficient (Wildman–Crippen LogP) is 0.991.